The molecular formula is C17H11BrClNO3. The predicted molar refractivity (Wildman–Crippen MR) is 91.0 cm³/mol. The van der Waals surface area contributed by atoms with E-state index in [1.165, 1.54) is 0 Å². The third-order valence-corrected chi connectivity index (χ3v) is 4.37. The number of aliphatic hydroxyl groups is 1. The molecule has 1 saturated heterocycles. The minimum absolute atomic E-state index is 0.0413. The summed E-state index contributed by atoms with van der Waals surface area (Å²) in [6.07, 6.45) is 0. The normalized spacial score (nSPS) is 19.7. The van der Waals surface area contributed by atoms with Gasteiger partial charge in [-0.2, -0.15) is 0 Å². The lowest BCUT2D eigenvalue weighted by molar-refractivity contribution is -0.133. The van der Waals surface area contributed by atoms with Crippen LogP contribution in [0.25, 0.3) is 5.76 Å². The second-order valence-electron chi connectivity index (χ2n) is 5.06. The quantitative estimate of drug-likeness (QED) is 0.464. The monoisotopic (exact) mass is 391 g/mol. The zero-order valence-electron chi connectivity index (χ0n) is 11.7. The molecule has 0 radical (unpaired) electrons. The summed E-state index contributed by atoms with van der Waals surface area (Å²) in [7, 11) is 0. The number of carbonyl (C=O) groups is 2. The Balaban J connectivity index is 2.10. The SMILES string of the molecule is O=C1N[C@@H](c2ccc(Cl)cc2)/C(=C(\O)c2ccc(Br)cc2)C1=O. The molecule has 1 aliphatic heterocycles. The lowest BCUT2D eigenvalue weighted by Gasteiger charge is -2.13. The molecule has 3 rings (SSSR count). The van der Waals surface area contributed by atoms with Crippen LogP contribution in [0.2, 0.25) is 5.02 Å². The van der Waals surface area contributed by atoms with Crippen molar-refractivity contribution in [1.82, 2.24) is 5.32 Å². The summed E-state index contributed by atoms with van der Waals surface area (Å²) in [5, 5.41) is 13.7. The number of carbonyl (C=O) groups excluding carboxylic acids is 2. The number of Topliss-reactive ketones (excluding diaryl/α,β-unsaturated/α-hetero) is 1. The van der Waals surface area contributed by atoms with Crippen molar-refractivity contribution in [2.75, 3.05) is 0 Å². The highest BCUT2D eigenvalue weighted by molar-refractivity contribution is 9.10. The smallest absolute Gasteiger partial charge is 0.293 e. The van der Waals surface area contributed by atoms with Crippen LogP contribution in [0.5, 0.6) is 0 Å². The maximum absolute atomic E-state index is 12.2. The highest BCUT2D eigenvalue weighted by atomic mass is 79.9. The third-order valence-electron chi connectivity index (χ3n) is 3.59. The standard InChI is InChI=1S/C17H11BrClNO3/c18-11-5-1-10(2-6-11)15(21)13-14(20-17(23)16(13)22)9-3-7-12(19)8-4-9/h1-8,14,21H,(H,20,23)/b15-13+/t14-/m0/s1. The average molecular weight is 393 g/mol. The van der Waals surface area contributed by atoms with Crippen molar-refractivity contribution in [3.8, 4) is 0 Å². The first-order valence-electron chi connectivity index (χ1n) is 6.77. The van der Waals surface area contributed by atoms with E-state index in [4.69, 9.17) is 11.6 Å². The molecule has 0 saturated carbocycles. The molecule has 116 valence electrons. The van der Waals surface area contributed by atoms with Gasteiger partial charge in [0.15, 0.2) is 0 Å². The van der Waals surface area contributed by atoms with Gasteiger partial charge < -0.3 is 10.4 Å². The number of amides is 1. The van der Waals surface area contributed by atoms with E-state index in [0.717, 1.165) is 4.47 Å². The fraction of sp³-hybridized carbons (Fsp3) is 0.0588. The minimum Gasteiger partial charge on any atom is -0.507 e. The van der Waals surface area contributed by atoms with Crippen molar-refractivity contribution in [3.63, 3.8) is 0 Å². The van der Waals surface area contributed by atoms with Gasteiger partial charge >= 0.3 is 0 Å². The summed E-state index contributed by atoms with van der Waals surface area (Å²) < 4.78 is 0.847. The molecular weight excluding hydrogens is 382 g/mol. The lowest BCUT2D eigenvalue weighted by Crippen LogP contribution is -2.21. The van der Waals surface area contributed by atoms with Crippen LogP contribution >= 0.6 is 27.5 Å². The topological polar surface area (TPSA) is 66.4 Å². The van der Waals surface area contributed by atoms with E-state index in [0.29, 0.717) is 16.1 Å². The van der Waals surface area contributed by atoms with Gasteiger partial charge in [-0.15, -0.1) is 0 Å². The molecule has 6 heteroatoms. The number of halogens is 2. The highest BCUT2D eigenvalue weighted by Crippen LogP contribution is 2.33. The van der Waals surface area contributed by atoms with Crippen LogP contribution in [0.3, 0.4) is 0 Å². The Morgan fingerprint density at radius 3 is 2.26 bits per heavy atom. The van der Waals surface area contributed by atoms with Gasteiger partial charge in [0.25, 0.3) is 11.7 Å². The van der Waals surface area contributed by atoms with Crippen LogP contribution in [0.1, 0.15) is 17.2 Å². The van der Waals surface area contributed by atoms with Gasteiger partial charge in [-0.3, -0.25) is 9.59 Å². The molecule has 1 fully saturated rings. The number of ketones is 1. The van der Waals surface area contributed by atoms with Crippen LogP contribution < -0.4 is 5.32 Å². The number of hydrogen-bond acceptors (Lipinski definition) is 3. The van der Waals surface area contributed by atoms with Crippen molar-refractivity contribution in [2.24, 2.45) is 0 Å². The first kappa shape index (κ1) is 15.8. The number of benzene rings is 2. The molecule has 1 aliphatic rings. The van der Waals surface area contributed by atoms with Crippen LogP contribution in [0.15, 0.2) is 58.6 Å². The van der Waals surface area contributed by atoms with E-state index in [1.807, 2.05) is 0 Å². The van der Waals surface area contributed by atoms with Gasteiger partial charge in [0.1, 0.15) is 5.76 Å². The average Bonchev–Trinajstić information content (AvgIpc) is 2.84. The highest BCUT2D eigenvalue weighted by Gasteiger charge is 2.39. The number of rotatable bonds is 2. The third kappa shape index (κ3) is 3.02. The molecule has 0 aromatic heterocycles. The molecule has 1 amide bonds. The predicted octanol–water partition coefficient (Wildman–Crippen LogP) is 3.81. The molecule has 4 nitrogen and oxygen atoms in total. The summed E-state index contributed by atoms with van der Waals surface area (Å²) in [4.78, 5) is 24.0. The Kier molecular flexibility index (Phi) is 4.24. The zero-order chi connectivity index (χ0) is 16.6. The van der Waals surface area contributed by atoms with Crippen molar-refractivity contribution in [1.29, 1.82) is 0 Å². The first-order chi connectivity index (χ1) is 11.0. The zero-order valence-corrected chi connectivity index (χ0v) is 14.1. The molecule has 0 spiro atoms. The van der Waals surface area contributed by atoms with Crippen molar-refractivity contribution in [3.05, 3.63) is 74.7 Å². The summed E-state index contributed by atoms with van der Waals surface area (Å²) in [6, 6.07) is 12.9. The Bertz CT molecular complexity index is 813. The largest absolute Gasteiger partial charge is 0.507 e. The van der Waals surface area contributed by atoms with Crippen molar-refractivity contribution < 1.29 is 14.7 Å². The van der Waals surface area contributed by atoms with Crippen molar-refractivity contribution in [2.45, 2.75) is 6.04 Å². The van der Waals surface area contributed by atoms with Crippen LogP contribution in [0, 0.1) is 0 Å². The molecule has 0 bridgehead atoms. The second kappa shape index (κ2) is 6.18. The number of hydrogen-bond donors (Lipinski definition) is 2. The van der Waals surface area contributed by atoms with Crippen LogP contribution in [-0.4, -0.2) is 16.8 Å². The van der Waals surface area contributed by atoms with Gasteiger partial charge in [-0.25, -0.2) is 0 Å². The maximum Gasteiger partial charge on any atom is 0.293 e. The minimum atomic E-state index is -0.733. The molecule has 0 aliphatic carbocycles. The summed E-state index contributed by atoms with van der Waals surface area (Å²) >= 11 is 9.18. The van der Waals surface area contributed by atoms with Crippen molar-refractivity contribution >= 4 is 45.0 Å². The number of nitrogens with one attached hydrogen (secondary N) is 1. The van der Waals surface area contributed by atoms with Gasteiger partial charge in [-0.05, 0) is 29.8 Å². The van der Waals surface area contributed by atoms with Gasteiger partial charge in [-0.1, -0.05) is 51.8 Å². The number of aliphatic hydroxyl groups excluding tert-OH is 1. The molecule has 2 aromatic carbocycles. The first-order valence-corrected chi connectivity index (χ1v) is 7.94. The molecule has 2 aromatic rings. The van der Waals surface area contributed by atoms with Gasteiger partial charge in [0.2, 0.25) is 0 Å². The van der Waals surface area contributed by atoms with Crippen LogP contribution in [0.4, 0.5) is 0 Å². The molecule has 2 N–H and O–H groups in total. The Morgan fingerprint density at radius 2 is 1.65 bits per heavy atom. The summed E-state index contributed by atoms with van der Waals surface area (Å²) in [5.41, 5.74) is 1.18. The summed E-state index contributed by atoms with van der Waals surface area (Å²) in [5.74, 6) is -1.67. The van der Waals surface area contributed by atoms with Gasteiger partial charge in [0, 0.05) is 15.1 Å². The fourth-order valence-electron chi connectivity index (χ4n) is 2.43. The van der Waals surface area contributed by atoms with Crippen LogP contribution in [-0.2, 0) is 9.59 Å². The molecule has 0 unspecified atom stereocenters. The molecule has 23 heavy (non-hydrogen) atoms. The molecule has 1 atom stereocenters. The lowest BCUT2D eigenvalue weighted by atomic mass is 9.96. The second-order valence-corrected chi connectivity index (χ2v) is 6.41. The summed E-state index contributed by atoms with van der Waals surface area (Å²) in [6.45, 7) is 0. The van der Waals surface area contributed by atoms with E-state index >= 15 is 0 Å². The Labute approximate surface area is 145 Å². The van der Waals surface area contributed by atoms with E-state index in [-0.39, 0.29) is 11.3 Å². The van der Waals surface area contributed by atoms with E-state index in [9.17, 15) is 14.7 Å². The molecule has 1 heterocycles. The van der Waals surface area contributed by atoms with E-state index in [1.54, 1.807) is 48.5 Å². The fourth-order valence-corrected chi connectivity index (χ4v) is 2.83. The van der Waals surface area contributed by atoms with E-state index in [2.05, 4.69) is 21.2 Å². The Morgan fingerprint density at radius 1 is 1.04 bits per heavy atom. The van der Waals surface area contributed by atoms with Gasteiger partial charge in [0.05, 0.1) is 11.6 Å². The Hall–Kier alpha value is -2.11. The van der Waals surface area contributed by atoms with E-state index < -0.39 is 17.7 Å². The maximum atomic E-state index is 12.2.